The predicted octanol–water partition coefficient (Wildman–Crippen LogP) is 4.45. The first-order valence-electron chi connectivity index (χ1n) is 7.28. The number of benzene rings is 1. The number of nitrogens with one attached hydrogen (secondary N) is 1. The van der Waals surface area contributed by atoms with E-state index in [1.165, 1.54) is 0 Å². The summed E-state index contributed by atoms with van der Waals surface area (Å²) in [6.07, 6.45) is 3.00. The van der Waals surface area contributed by atoms with E-state index < -0.39 is 0 Å². The van der Waals surface area contributed by atoms with Crippen LogP contribution in [0.1, 0.15) is 27.2 Å². The second-order valence-corrected chi connectivity index (χ2v) is 6.26. The summed E-state index contributed by atoms with van der Waals surface area (Å²) in [5, 5.41) is 5.36. The van der Waals surface area contributed by atoms with Gasteiger partial charge in [0.05, 0.1) is 16.3 Å². The van der Waals surface area contributed by atoms with Gasteiger partial charge in [0.1, 0.15) is 11.3 Å². The number of ether oxygens (including phenoxy) is 1. The van der Waals surface area contributed by atoms with Crippen LogP contribution in [0.5, 0.6) is 5.75 Å². The molecule has 5 heteroatoms. The highest BCUT2D eigenvalue weighted by Crippen LogP contribution is 2.36. The van der Waals surface area contributed by atoms with Crippen molar-refractivity contribution >= 4 is 37.6 Å². The Hall–Kier alpha value is -1.88. The van der Waals surface area contributed by atoms with Crippen LogP contribution >= 0.6 is 11.3 Å². The van der Waals surface area contributed by atoms with Gasteiger partial charge in [-0.15, -0.1) is 0 Å². The van der Waals surface area contributed by atoms with Crippen molar-refractivity contribution in [3.8, 4) is 5.75 Å². The molecule has 0 fully saturated rings. The molecule has 0 radical (unpaired) electrons. The van der Waals surface area contributed by atoms with Crippen LogP contribution in [0.3, 0.4) is 0 Å². The molecule has 0 unspecified atom stereocenters. The molecule has 0 atom stereocenters. The normalized spacial score (nSPS) is 11.4. The average molecular weight is 301 g/mol. The van der Waals surface area contributed by atoms with Crippen LogP contribution in [0.15, 0.2) is 24.4 Å². The summed E-state index contributed by atoms with van der Waals surface area (Å²) in [7, 11) is 0. The maximum atomic E-state index is 5.92. The lowest BCUT2D eigenvalue weighted by molar-refractivity contribution is 0.245. The van der Waals surface area contributed by atoms with E-state index in [4.69, 9.17) is 9.72 Å². The van der Waals surface area contributed by atoms with Gasteiger partial charge in [-0.3, -0.25) is 4.98 Å². The fourth-order valence-electron chi connectivity index (χ4n) is 2.25. The quantitative estimate of drug-likeness (QED) is 0.756. The van der Waals surface area contributed by atoms with Crippen molar-refractivity contribution in [1.82, 2.24) is 9.97 Å². The molecule has 110 valence electrons. The molecule has 0 aliphatic heterocycles. The largest absolute Gasteiger partial charge is 0.489 e. The van der Waals surface area contributed by atoms with E-state index in [2.05, 4.69) is 29.4 Å². The number of hydrogen-bond acceptors (Lipinski definition) is 5. The van der Waals surface area contributed by atoms with Gasteiger partial charge in [0.2, 0.25) is 0 Å². The third-order valence-corrected chi connectivity index (χ3v) is 4.06. The van der Waals surface area contributed by atoms with E-state index in [1.807, 2.05) is 19.9 Å². The molecule has 0 saturated carbocycles. The van der Waals surface area contributed by atoms with E-state index >= 15 is 0 Å². The maximum absolute atomic E-state index is 5.92. The lowest BCUT2D eigenvalue weighted by atomic mass is 10.2. The van der Waals surface area contributed by atoms with Crippen molar-refractivity contribution in [2.75, 3.05) is 11.9 Å². The number of rotatable bonds is 5. The minimum absolute atomic E-state index is 0.123. The Morgan fingerprint density at radius 1 is 1.33 bits per heavy atom. The van der Waals surface area contributed by atoms with Gasteiger partial charge < -0.3 is 10.1 Å². The van der Waals surface area contributed by atoms with Gasteiger partial charge in [-0.1, -0.05) is 18.3 Å². The summed E-state index contributed by atoms with van der Waals surface area (Å²) in [6.45, 7) is 7.14. The molecule has 0 aliphatic rings. The molecular weight excluding hydrogens is 282 g/mol. The van der Waals surface area contributed by atoms with Gasteiger partial charge in [0.15, 0.2) is 5.13 Å². The van der Waals surface area contributed by atoms with Crippen LogP contribution in [0.2, 0.25) is 0 Å². The Kier molecular flexibility index (Phi) is 3.92. The molecule has 1 N–H and O–H groups in total. The van der Waals surface area contributed by atoms with Crippen LogP contribution in [0, 0.1) is 0 Å². The third-order valence-electron chi connectivity index (χ3n) is 3.10. The first kappa shape index (κ1) is 14.1. The maximum Gasteiger partial charge on any atom is 0.183 e. The molecule has 0 saturated heterocycles. The third kappa shape index (κ3) is 2.78. The fraction of sp³-hybridized carbons (Fsp3) is 0.375. The van der Waals surface area contributed by atoms with Crippen molar-refractivity contribution < 1.29 is 4.74 Å². The number of anilines is 1. The summed E-state index contributed by atoms with van der Waals surface area (Å²) >= 11 is 1.66. The van der Waals surface area contributed by atoms with E-state index in [-0.39, 0.29) is 6.10 Å². The molecule has 0 bridgehead atoms. The molecule has 3 aromatic rings. The summed E-state index contributed by atoms with van der Waals surface area (Å²) in [5.41, 5.74) is 1.88. The molecule has 2 heterocycles. The number of thiazole rings is 1. The van der Waals surface area contributed by atoms with Crippen LogP contribution in [0.25, 0.3) is 21.1 Å². The number of pyridine rings is 1. The second-order valence-electron chi connectivity index (χ2n) is 5.23. The minimum atomic E-state index is 0.123. The van der Waals surface area contributed by atoms with Crippen molar-refractivity contribution in [1.29, 1.82) is 0 Å². The molecule has 0 amide bonds. The Balaban J connectivity index is 2.18. The van der Waals surface area contributed by atoms with Gasteiger partial charge in [-0.05, 0) is 32.4 Å². The molecule has 3 rings (SSSR count). The van der Waals surface area contributed by atoms with Gasteiger partial charge in [0.25, 0.3) is 0 Å². The Morgan fingerprint density at radius 3 is 2.95 bits per heavy atom. The monoisotopic (exact) mass is 301 g/mol. The zero-order valence-corrected chi connectivity index (χ0v) is 13.3. The highest BCUT2D eigenvalue weighted by Gasteiger charge is 2.13. The van der Waals surface area contributed by atoms with E-state index in [1.54, 1.807) is 17.5 Å². The van der Waals surface area contributed by atoms with E-state index in [9.17, 15) is 0 Å². The Bertz CT molecular complexity index is 767. The number of hydrogen-bond donors (Lipinski definition) is 1. The van der Waals surface area contributed by atoms with Crippen LogP contribution in [0.4, 0.5) is 5.13 Å². The average Bonchev–Trinajstić information content (AvgIpc) is 2.88. The van der Waals surface area contributed by atoms with Crippen molar-refractivity contribution in [2.24, 2.45) is 0 Å². The summed E-state index contributed by atoms with van der Waals surface area (Å²) < 4.78 is 7.05. The topological polar surface area (TPSA) is 47.0 Å². The summed E-state index contributed by atoms with van der Waals surface area (Å²) in [5.74, 6) is 0.832. The lowest BCUT2D eigenvalue weighted by Gasteiger charge is -2.11. The van der Waals surface area contributed by atoms with Crippen LogP contribution in [-0.4, -0.2) is 22.6 Å². The lowest BCUT2D eigenvalue weighted by Crippen LogP contribution is -2.06. The first-order valence-corrected chi connectivity index (χ1v) is 8.09. The molecule has 0 aliphatic carbocycles. The Morgan fingerprint density at radius 2 is 2.19 bits per heavy atom. The van der Waals surface area contributed by atoms with Crippen molar-refractivity contribution in [3.63, 3.8) is 0 Å². The minimum Gasteiger partial charge on any atom is -0.489 e. The van der Waals surface area contributed by atoms with E-state index in [0.717, 1.165) is 45.0 Å². The van der Waals surface area contributed by atoms with Crippen LogP contribution in [-0.2, 0) is 0 Å². The number of aromatic nitrogens is 2. The van der Waals surface area contributed by atoms with Gasteiger partial charge in [-0.25, -0.2) is 4.98 Å². The number of fused-ring (bicyclic) bond motifs is 3. The fourth-order valence-corrected chi connectivity index (χ4v) is 3.19. The first-order chi connectivity index (χ1) is 10.2. The molecular formula is C16H19N3OS. The number of nitrogens with zero attached hydrogens (tertiary/aromatic N) is 2. The van der Waals surface area contributed by atoms with Crippen molar-refractivity contribution in [2.45, 2.75) is 33.3 Å². The zero-order valence-electron chi connectivity index (χ0n) is 12.5. The van der Waals surface area contributed by atoms with Gasteiger partial charge in [-0.2, -0.15) is 0 Å². The Labute approximate surface area is 128 Å². The smallest absolute Gasteiger partial charge is 0.183 e. The van der Waals surface area contributed by atoms with E-state index in [0.29, 0.717) is 0 Å². The standard InChI is InChI=1S/C16H19N3OS/c1-4-7-18-16-19-15-11-6-5-8-17-14(11)12(20-10(2)3)9-13(15)21-16/h5-6,8-10H,4,7H2,1-3H3,(H,18,19). The van der Waals surface area contributed by atoms with Crippen LogP contribution < -0.4 is 10.1 Å². The SMILES string of the molecule is CCCNc1nc2c(cc(OC(C)C)c3ncccc32)s1. The predicted molar refractivity (Wildman–Crippen MR) is 89.5 cm³/mol. The molecule has 4 nitrogen and oxygen atoms in total. The molecule has 1 aromatic carbocycles. The summed E-state index contributed by atoms with van der Waals surface area (Å²) in [6, 6.07) is 6.06. The second kappa shape index (κ2) is 5.85. The summed E-state index contributed by atoms with van der Waals surface area (Å²) in [4.78, 5) is 9.19. The van der Waals surface area contributed by atoms with Gasteiger partial charge >= 0.3 is 0 Å². The highest BCUT2D eigenvalue weighted by molar-refractivity contribution is 7.22. The molecule has 2 aromatic heterocycles. The van der Waals surface area contributed by atoms with Gasteiger partial charge in [0, 0.05) is 24.2 Å². The molecule has 21 heavy (non-hydrogen) atoms. The zero-order chi connectivity index (χ0) is 14.8. The highest BCUT2D eigenvalue weighted by atomic mass is 32.1. The molecule has 0 spiro atoms. The van der Waals surface area contributed by atoms with Crippen molar-refractivity contribution in [3.05, 3.63) is 24.4 Å².